The van der Waals surface area contributed by atoms with Gasteiger partial charge in [-0.3, -0.25) is 9.59 Å². The van der Waals surface area contributed by atoms with Crippen molar-refractivity contribution in [1.82, 2.24) is 9.88 Å². The van der Waals surface area contributed by atoms with Crippen molar-refractivity contribution in [3.05, 3.63) is 69.9 Å². The first-order valence-electron chi connectivity index (χ1n) is 9.61. The van der Waals surface area contributed by atoms with Gasteiger partial charge in [-0.15, -0.1) is 0 Å². The molecule has 3 aromatic rings. The van der Waals surface area contributed by atoms with Gasteiger partial charge in [-0.25, -0.2) is 0 Å². The van der Waals surface area contributed by atoms with Gasteiger partial charge in [0.2, 0.25) is 0 Å². The summed E-state index contributed by atoms with van der Waals surface area (Å²) in [6.07, 6.45) is 0. The third-order valence-electron chi connectivity index (χ3n) is 5.06. The number of halogens is 1. The Balaban J connectivity index is 1.70. The number of fused-ring (bicyclic) bond motifs is 1. The minimum atomic E-state index is -0.317. The fourth-order valence-corrected chi connectivity index (χ4v) is 3.66. The van der Waals surface area contributed by atoms with Crippen molar-refractivity contribution in [2.24, 2.45) is 7.05 Å². The molecule has 6 heteroatoms. The van der Waals surface area contributed by atoms with Crippen LogP contribution in [0.15, 0.2) is 42.5 Å². The largest absolute Gasteiger partial charge is 0.466 e. The summed E-state index contributed by atoms with van der Waals surface area (Å²) in [5.41, 5.74) is 4.37. The summed E-state index contributed by atoms with van der Waals surface area (Å²) in [6.45, 7) is 6.35. The second-order valence-electron chi connectivity index (χ2n) is 7.17. The molecule has 1 atom stereocenters. The molecule has 29 heavy (non-hydrogen) atoms. The van der Waals surface area contributed by atoms with Crippen LogP contribution >= 0.6 is 11.6 Å². The molecule has 1 unspecified atom stereocenters. The third-order valence-corrected chi connectivity index (χ3v) is 5.37. The Morgan fingerprint density at radius 3 is 2.52 bits per heavy atom. The molecule has 152 valence electrons. The normalized spacial score (nSPS) is 12.0. The van der Waals surface area contributed by atoms with Gasteiger partial charge in [0.05, 0.1) is 23.1 Å². The Hall–Kier alpha value is -2.79. The zero-order valence-corrected chi connectivity index (χ0v) is 17.8. The smallest absolute Gasteiger partial charge is 0.313 e. The highest BCUT2D eigenvalue weighted by atomic mass is 35.5. The molecule has 0 aliphatic rings. The first-order chi connectivity index (χ1) is 13.8. The molecule has 1 amide bonds. The van der Waals surface area contributed by atoms with Crippen molar-refractivity contribution >= 4 is 34.4 Å². The van der Waals surface area contributed by atoms with Gasteiger partial charge in [-0.2, -0.15) is 0 Å². The van der Waals surface area contributed by atoms with E-state index in [1.165, 1.54) is 0 Å². The van der Waals surface area contributed by atoms with Gasteiger partial charge in [0.25, 0.3) is 5.91 Å². The number of ether oxygens (including phenoxy) is 1. The molecule has 1 N–H and O–H groups in total. The van der Waals surface area contributed by atoms with E-state index in [0.717, 1.165) is 27.6 Å². The number of benzene rings is 2. The van der Waals surface area contributed by atoms with Crippen LogP contribution in [0.25, 0.3) is 10.9 Å². The first kappa shape index (κ1) is 20.9. The van der Waals surface area contributed by atoms with Crippen molar-refractivity contribution in [2.75, 3.05) is 6.61 Å². The second-order valence-corrected chi connectivity index (χ2v) is 7.57. The highest BCUT2D eigenvalue weighted by Gasteiger charge is 2.17. The third kappa shape index (κ3) is 4.46. The van der Waals surface area contributed by atoms with Gasteiger partial charge in [0.15, 0.2) is 0 Å². The fraction of sp³-hybridized carbons (Fsp3) is 0.304. The molecule has 0 spiro atoms. The Labute approximate surface area is 175 Å². The Morgan fingerprint density at radius 1 is 1.17 bits per heavy atom. The zero-order valence-electron chi connectivity index (χ0n) is 17.1. The number of carbonyl (C=O) groups excluding carboxylic acids is 2. The van der Waals surface area contributed by atoms with Crippen LogP contribution in [-0.4, -0.2) is 23.1 Å². The van der Waals surface area contributed by atoms with Crippen LogP contribution in [0.4, 0.5) is 0 Å². The number of nitrogens with zero attached hydrogens (tertiary/aromatic N) is 1. The number of carbonyl (C=O) groups is 2. The maximum atomic E-state index is 12.7. The molecule has 0 aliphatic heterocycles. The van der Waals surface area contributed by atoms with E-state index in [9.17, 15) is 9.59 Å². The van der Waals surface area contributed by atoms with E-state index in [1.54, 1.807) is 6.92 Å². The van der Waals surface area contributed by atoms with Crippen LogP contribution in [0.2, 0.25) is 5.02 Å². The van der Waals surface area contributed by atoms with E-state index in [1.807, 2.05) is 67.9 Å². The topological polar surface area (TPSA) is 60.3 Å². The Bertz CT molecular complexity index is 1050. The van der Waals surface area contributed by atoms with Crippen LogP contribution in [-0.2, 0) is 23.1 Å². The lowest BCUT2D eigenvalue weighted by atomic mass is 10.00. The molecule has 0 saturated heterocycles. The van der Waals surface area contributed by atoms with Crippen molar-refractivity contribution in [3.63, 3.8) is 0 Å². The van der Waals surface area contributed by atoms with Gasteiger partial charge in [-0.1, -0.05) is 35.9 Å². The summed E-state index contributed by atoms with van der Waals surface area (Å²) in [5.74, 6) is -0.720. The number of esters is 1. The van der Waals surface area contributed by atoms with Crippen LogP contribution in [0.3, 0.4) is 0 Å². The van der Waals surface area contributed by atoms with Crippen LogP contribution in [0.1, 0.15) is 46.9 Å². The minimum absolute atomic E-state index is 0.165. The molecule has 0 fully saturated rings. The Kier molecular flexibility index (Phi) is 6.28. The average Bonchev–Trinajstić information content (AvgIpc) is 3.03. The van der Waals surface area contributed by atoms with E-state index in [4.69, 9.17) is 16.3 Å². The minimum Gasteiger partial charge on any atom is -0.466 e. The molecule has 0 aliphatic carbocycles. The molecule has 1 heterocycles. The predicted octanol–water partition coefficient (Wildman–Crippen LogP) is 4.74. The average molecular weight is 413 g/mol. The summed E-state index contributed by atoms with van der Waals surface area (Å²) in [5, 5.41) is 4.45. The van der Waals surface area contributed by atoms with Crippen molar-refractivity contribution < 1.29 is 14.3 Å². The molecule has 1 aromatic heterocycles. The Morgan fingerprint density at radius 2 is 1.86 bits per heavy atom. The quantitative estimate of drug-likeness (QED) is 0.595. The predicted molar refractivity (Wildman–Crippen MR) is 115 cm³/mol. The number of hydrogen-bond acceptors (Lipinski definition) is 3. The number of rotatable bonds is 6. The van der Waals surface area contributed by atoms with Crippen molar-refractivity contribution in [3.8, 4) is 0 Å². The van der Waals surface area contributed by atoms with Gasteiger partial charge in [0, 0.05) is 19.0 Å². The van der Waals surface area contributed by atoms with E-state index < -0.39 is 0 Å². The lowest BCUT2D eigenvalue weighted by molar-refractivity contribution is -0.144. The molecule has 0 radical (unpaired) electrons. The standard InChI is InChI=1S/C23H25ClN2O3/c1-5-29-23(28)15(3)17-8-6-16(7-9-17)13-25-22(27)21-12-18-19(24)10-14(2)11-20(18)26(21)4/h6-12,15H,5,13H2,1-4H3,(H,25,27). The summed E-state index contributed by atoms with van der Waals surface area (Å²) in [7, 11) is 1.86. The number of hydrogen-bond donors (Lipinski definition) is 1. The van der Waals surface area contributed by atoms with Crippen molar-refractivity contribution in [1.29, 1.82) is 0 Å². The molecule has 2 aromatic carbocycles. The molecule has 0 bridgehead atoms. The SMILES string of the molecule is CCOC(=O)C(C)c1ccc(CNC(=O)c2cc3c(Cl)cc(C)cc3n2C)cc1. The summed E-state index contributed by atoms with van der Waals surface area (Å²) in [4.78, 5) is 24.6. The number of amides is 1. The van der Waals surface area contributed by atoms with Crippen LogP contribution in [0.5, 0.6) is 0 Å². The lowest BCUT2D eigenvalue weighted by Crippen LogP contribution is -2.24. The first-order valence-corrected chi connectivity index (χ1v) is 9.98. The molecule has 0 saturated carbocycles. The molecule has 5 nitrogen and oxygen atoms in total. The van der Waals surface area contributed by atoms with E-state index in [2.05, 4.69) is 5.32 Å². The molecule has 3 rings (SSSR count). The maximum absolute atomic E-state index is 12.7. The van der Waals surface area contributed by atoms with Crippen LogP contribution < -0.4 is 5.32 Å². The van der Waals surface area contributed by atoms with Gasteiger partial charge in [-0.05, 0) is 55.7 Å². The number of aromatic nitrogens is 1. The van der Waals surface area contributed by atoms with E-state index >= 15 is 0 Å². The fourth-order valence-electron chi connectivity index (χ4n) is 3.34. The van der Waals surface area contributed by atoms with Gasteiger partial charge in [0.1, 0.15) is 5.69 Å². The van der Waals surface area contributed by atoms with Crippen LogP contribution in [0, 0.1) is 6.92 Å². The van der Waals surface area contributed by atoms with Gasteiger partial charge >= 0.3 is 5.97 Å². The summed E-state index contributed by atoms with van der Waals surface area (Å²) >= 11 is 6.33. The monoisotopic (exact) mass is 412 g/mol. The number of nitrogens with one attached hydrogen (secondary N) is 1. The highest BCUT2D eigenvalue weighted by molar-refractivity contribution is 6.35. The highest BCUT2D eigenvalue weighted by Crippen LogP contribution is 2.28. The summed E-state index contributed by atoms with van der Waals surface area (Å²) in [6, 6.07) is 13.3. The lowest BCUT2D eigenvalue weighted by Gasteiger charge is -2.12. The van der Waals surface area contributed by atoms with E-state index in [-0.39, 0.29) is 17.8 Å². The molecular formula is C23H25ClN2O3. The number of aryl methyl sites for hydroxylation is 2. The van der Waals surface area contributed by atoms with E-state index in [0.29, 0.717) is 23.9 Å². The zero-order chi connectivity index (χ0) is 21.1. The van der Waals surface area contributed by atoms with Gasteiger partial charge < -0.3 is 14.6 Å². The molecular weight excluding hydrogens is 388 g/mol. The second kappa shape index (κ2) is 8.70. The maximum Gasteiger partial charge on any atom is 0.313 e. The van der Waals surface area contributed by atoms with Crippen molar-refractivity contribution in [2.45, 2.75) is 33.2 Å². The summed E-state index contributed by atoms with van der Waals surface area (Å²) < 4.78 is 6.92.